The molecule has 0 aliphatic heterocycles. The Labute approximate surface area is 127 Å². The van der Waals surface area contributed by atoms with Crippen LogP contribution in [-0.2, 0) is 16.3 Å². The van der Waals surface area contributed by atoms with Gasteiger partial charge >= 0.3 is 6.03 Å². The SMILES string of the molecule is CCCCc1ccc(NC(=O)NCCCS(C)(=O)=O)cc1. The van der Waals surface area contributed by atoms with Crippen molar-refractivity contribution in [2.75, 3.05) is 23.9 Å². The highest BCUT2D eigenvalue weighted by Crippen LogP contribution is 2.11. The van der Waals surface area contributed by atoms with E-state index in [4.69, 9.17) is 0 Å². The number of carbonyl (C=O) groups is 1. The Morgan fingerprint density at radius 2 is 1.81 bits per heavy atom. The lowest BCUT2D eigenvalue weighted by Gasteiger charge is -2.08. The molecule has 0 unspecified atom stereocenters. The number of nitrogens with one attached hydrogen (secondary N) is 2. The van der Waals surface area contributed by atoms with Crippen LogP contribution in [0.1, 0.15) is 31.7 Å². The van der Waals surface area contributed by atoms with Gasteiger partial charge in [0.1, 0.15) is 9.84 Å². The first-order valence-electron chi connectivity index (χ1n) is 7.22. The van der Waals surface area contributed by atoms with Crippen LogP contribution in [0.2, 0.25) is 0 Å². The molecule has 5 nitrogen and oxygen atoms in total. The molecule has 0 spiro atoms. The maximum absolute atomic E-state index is 11.6. The molecule has 0 bridgehead atoms. The summed E-state index contributed by atoms with van der Waals surface area (Å²) in [5.74, 6) is 0.0827. The fourth-order valence-corrected chi connectivity index (χ4v) is 2.52. The Morgan fingerprint density at radius 3 is 2.38 bits per heavy atom. The zero-order chi connectivity index (χ0) is 15.7. The Balaban J connectivity index is 2.31. The number of benzene rings is 1. The minimum Gasteiger partial charge on any atom is -0.338 e. The van der Waals surface area contributed by atoms with Crippen LogP contribution in [0, 0.1) is 0 Å². The second kappa shape index (κ2) is 8.67. The average Bonchev–Trinajstić information content (AvgIpc) is 2.42. The summed E-state index contributed by atoms with van der Waals surface area (Å²) in [6.07, 6.45) is 4.98. The number of urea groups is 1. The van der Waals surface area contributed by atoms with E-state index in [0.717, 1.165) is 24.9 Å². The molecule has 0 saturated heterocycles. The zero-order valence-corrected chi connectivity index (χ0v) is 13.5. The molecule has 0 aromatic heterocycles. The van der Waals surface area contributed by atoms with Crippen molar-refractivity contribution < 1.29 is 13.2 Å². The summed E-state index contributed by atoms with van der Waals surface area (Å²) < 4.78 is 21.9. The second-order valence-electron chi connectivity index (χ2n) is 5.16. The fourth-order valence-electron chi connectivity index (χ4n) is 1.85. The summed E-state index contributed by atoms with van der Waals surface area (Å²) in [4.78, 5) is 11.6. The first-order chi connectivity index (χ1) is 9.90. The van der Waals surface area contributed by atoms with Crippen LogP contribution in [-0.4, -0.2) is 33.0 Å². The zero-order valence-electron chi connectivity index (χ0n) is 12.7. The quantitative estimate of drug-likeness (QED) is 0.724. The molecule has 2 N–H and O–H groups in total. The Kier molecular flexibility index (Phi) is 7.22. The van der Waals surface area contributed by atoms with E-state index in [-0.39, 0.29) is 11.8 Å². The number of hydrogen-bond acceptors (Lipinski definition) is 3. The fraction of sp³-hybridized carbons (Fsp3) is 0.533. The molecule has 2 amide bonds. The summed E-state index contributed by atoms with van der Waals surface area (Å²) in [5, 5.41) is 5.36. The molecule has 118 valence electrons. The molecular formula is C15H24N2O3S. The molecule has 0 heterocycles. The van der Waals surface area contributed by atoms with Gasteiger partial charge in [0.05, 0.1) is 5.75 Å². The van der Waals surface area contributed by atoms with E-state index < -0.39 is 9.84 Å². The summed E-state index contributed by atoms with van der Waals surface area (Å²) in [6.45, 7) is 2.50. The molecule has 0 saturated carbocycles. The Hall–Kier alpha value is -1.56. The maximum Gasteiger partial charge on any atom is 0.319 e. The maximum atomic E-state index is 11.6. The van der Waals surface area contributed by atoms with Gasteiger partial charge in [0.25, 0.3) is 0 Å². The average molecular weight is 312 g/mol. The number of carbonyl (C=O) groups excluding carboxylic acids is 1. The molecule has 6 heteroatoms. The Morgan fingerprint density at radius 1 is 1.14 bits per heavy atom. The third-order valence-electron chi connectivity index (χ3n) is 3.01. The van der Waals surface area contributed by atoms with Gasteiger partial charge in [-0.15, -0.1) is 0 Å². The highest BCUT2D eigenvalue weighted by molar-refractivity contribution is 7.90. The summed E-state index contributed by atoms with van der Waals surface area (Å²) in [6, 6.07) is 7.45. The van der Waals surface area contributed by atoms with Crippen molar-refractivity contribution in [2.45, 2.75) is 32.6 Å². The van der Waals surface area contributed by atoms with E-state index >= 15 is 0 Å². The van der Waals surface area contributed by atoms with E-state index in [9.17, 15) is 13.2 Å². The molecular weight excluding hydrogens is 288 g/mol. The number of anilines is 1. The van der Waals surface area contributed by atoms with Crippen molar-refractivity contribution in [1.82, 2.24) is 5.32 Å². The van der Waals surface area contributed by atoms with Crippen molar-refractivity contribution in [1.29, 1.82) is 0 Å². The van der Waals surface area contributed by atoms with E-state index in [1.165, 1.54) is 11.8 Å². The topological polar surface area (TPSA) is 75.3 Å². The van der Waals surface area contributed by atoms with Crippen molar-refractivity contribution in [3.63, 3.8) is 0 Å². The minimum atomic E-state index is -2.97. The molecule has 21 heavy (non-hydrogen) atoms. The van der Waals surface area contributed by atoms with E-state index in [1.54, 1.807) is 0 Å². The lowest BCUT2D eigenvalue weighted by atomic mass is 10.1. The van der Waals surface area contributed by atoms with Crippen LogP contribution in [0.25, 0.3) is 0 Å². The highest BCUT2D eigenvalue weighted by atomic mass is 32.2. The van der Waals surface area contributed by atoms with Crippen LogP contribution in [0.15, 0.2) is 24.3 Å². The van der Waals surface area contributed by atoms with Gasteiger partial charge in [-0.1, -0.05) is 25.5 Å². The van der Waals surface area contributed by atoms with Crippen LogP contribution in [0.4, 0.5) is 10.5 Å². The van der Waals surface area contributed by atoms with Crippen molar-refractivity contribution in [3.05, 3.63) is 29.8 Å². The van der Waals surface area contributed by atoms with Crippen LogP contribution in [0.5, 0.6) is 0 Å². The largest absolute Gasteiger partial charge is 0.338 e. The van der Waals surface area contributed by atoms with E-state index in [0.29, 0.717) is 13.0 Å². The van der Waals surface area contributed by atoms with Gasteiger partial charge < -0.3 is 10.6 Å². The van der Waals surface area contributed by atoms with E-state index in [2.05, 4.69) is 17.6 Å². The van der Waals surface area contributed by atoms with Crippen LogP contribution >= 0.6 is 0 Å². The number of unbranched alkanes of at least 4 members (excludes halogenated alkanes) is 1. The second-order valence-corrected chi connectivity index (χ2v) is 7.42. The highest BCUT2D eigenvalue weighted by Gasteiger charge is 2.04. The van der Waals surface area contributed by atoms with Gasteiger partial charge in [-0.25, -0.2) is 13.2 Å². The van der Waals surface area contributed by atoms with Crippen molar-refractivity contribution >= 4 is 21.6 Å². The molecule has 0 fully saturated rings. The standard InChI is InChI=1S/C15H24N2O3S/c1-3-4-6-13-7-9-14(10-8-13)17-15(18)16-11-5-12-21(2,19)20/h7-10H,3-6,11-12H2,1-2H3,(H2,16,17,18). The van der Waals surface area contributed by atoms with Gasteiger partial charge in [-0.05, 0) is 37.0 Å². The minimum absolute atomic E-state index is 0.0827. The van der Waals surface area contributed by atoms with Gasteiger partial charge in [0.15, 0.2) is 0 Å². The lowest BCUT2D eigenvalue weighted by Crippen LogP contribution is -2.30. The molecule has 0 aliphatic rings. The van der Waals surface area contributed by atoms with Gasteiger partial charge in [0, 0.05) is 18.5 Å². The normalized spacial score (nSPS) is 11.1. The molecule has 0 radical (unpaired) electrons. The molecule has 1 aromatic rings. The number of aryl methyl sites for hydroxylation is 1. The van der Waals surface area contributed by atoms with Crippen LogP contribution < -0.4 is 10.6 Å². The predicted molar refractivity (Wildman–Crippen MR) is 86.4 cm³/mol. The number of rotatable bonds is 8. The lowest BCUT2D eigenvalue weighted by molar-refractivity contribution is 0.252. The molecule has 1 aromatic carbocycles. The number of amides is 2. The number of hydrogen-bond donors (Lipinski definition) is 2. The third-order valence-corrected chi connectivity index (χ3v) is 4.04. The molecule has 0 atom stereocenters. The van der Waals surface area contributed by atoms with E-state index in [1.807, 2.05) is 24.3 Å². The van der Waals surface area contributed by atoms with Gasteiger partial charge in [-0.3, -0.25) is 0 Å². The van der Waals surface area contributed by atoms with Crippen LogP contribution in [0.3, 0.4) is 0 Å². The molecule has 1 rings (SSSR count). The Bertz CT molecular complexity index is 539. The van der Waals surface area contributed by atoms with Crippen molar-refractivity contribution in [3.8, 4) is 0 Å². The summed E-state index contributed by atoms with van der Waals surface area (Å²) in [5.41, 5.74) is 1.99. The smallest absolute Gasteiger partial charge is 0.319 e. The molecule has 0 aliphatic carbocycles. The predicted octanol–water partition coefficient (Wildman–Crippen LogP) is 2.59. The van der Waals surface area contributed by atoms with Gasteiger partial charge in [0.2, 0.25) is 0 Å². The van der Waals surface area contributed by atoms with Gasteiger partial charge in [-0.2, -0.15) is 0 Å². The summed E-state index contributed by atoms with van der Waals surface area (Å²) >= 11 is 0. The third kappa shape index (κ3) is 8.34. The summed E-state index contributed by atoms with van der Waals surface area (Å²) in [7, 11) is -2.97. The first kappa shape index (κ1) is 17.5. The number of sulfone groups is 1. The monoisotopic (exact) mass is 312 g/mol. The van der Waals surface area contributed by atoms with Crippen molar-refractivity contribution in [2.24, 2.45) is 0 Å². The first-order valence-corrected chi connectivity index (χ1v) is 9.28.